The van der Waals surface area contributed by atoms with Crippen molar-refractivity contribution in [1.82, 2.24) is 5.32 Å². The average molecular weight is 361 g/mol. The SMILES string of the molecule is Cl.O=C(Nc1ccc(CCCc2ccccc2)cc1)C1COCCN1. The Morgan fingerprint density at radius 1 is 1.04 bits per heavy atom. The highest BCUT2D eigenvalue weighted by molar-refractivity contribution is 5.95. The van der Waals surface area contributed by atoms with Gasteiger partial charge in [0, 0.05) is 12.2 Å². The molecule has 0 radical (unpaired) electrons. The number of anilines is 1. The van der Waals surface area contributed by atoms with E-state index in [2.05, 4.69) is 47.0 Å². The molecule has 2 aromatic rings. The summed E-state index contributed by atoms with van der Waals surface area (Å²) < 4.78 is 5.32. The minimum Gasteiger partial charge on any atom is -0.378 e. The smallest absolute Gasteiger partial charge is 0.243 e. The Labute approximate surface area is 155 Å². The molecule has 2 N–H and O–H groups in total. The molecule has 1 fully saturated rings. The molecule has 0 spiro atoms. The predicted octanol–water partition coefficient (Wildman–Crippen LogP) is 3.21. The van der Waals surface area contributed by atoms with Gasteiger partial charge in [-0.1, -0.05) is 42.5 Å². The number of amides is 1. The number of hydrogen-bond acceptors (Lipinski definition) is 3. The number of carbonyl (C=O) groups excluding carboxylic acids is 1. The summed E-state index contributed by atoms with van der Waals surface area (Å²) in [5, 5.41) is 6.10. The van der Waals surface area contributed by atoms with Crippen LogP contribution in [0.25, 0.3) is 0 Å². The van der Waals surface area contributed by atoms with E-state index in [1.807, 2.05) is 18.2 Å². The fraction of sp³-hybridized carbons (Fsp3) is 0.350. The number of aryl methyl sites for hydroxylation is 2. The van der Waals surface area contributed by atoms with Gasteiger partial charge < -0.3 is 15.4 Å². The van der Waals surface area contributed by atoms with Crippen molar-refractivity contribution in [1.29, 1.82) is 0 Å². The van der Waals surface area contributed by atoms with Crippen LogP contribution in [0.5, 0.6) is 0 Å². The summed E-state index contributed by atoms with van der Waals surface area (Å²) in [5.41, 5.74) is 3.51. The van der Waals surface area contributed by atoms with Gasteiger partial charge in [-0.25, -0.2) is 0 Å². The van der Waals surface area contributed by atoms with Gasteiger partial charge in [0.25, 0.3) is 0 Å². The summed E-state index contributed by atoms with van der Waals surface area (Å²) in [7, 11) is 0. The highest BCUT2D eigenvalue weighted by Crippen LogP contribution is 2.13. The quantitative estimate of drug-likeness (QED) is 0.831. The fourth-order valence-corrected chi connectivity index (χ4v) is 2.86. The van der Waals surface area contributed by atoms with E-state index in [9.17, 15) is 4.79 Å². The van der Waals surface area contributed by atoms with E-state index in [1.54, 1.807) is 0 Å². The zero-order valence-electron chi connectivity index (χ0n) is 14.2. The normalized spacial score (nSPS) is 16.7. The predicted molar refractivity (Wildman–Crippen MR) is 103 cm³/mol. The Morgan fingerprint density at radius 3 is 2.36 bits per heavy atom. The topological polar surface area (TPSA) is 50.4 Å². The maximum absolute atomic E-state index is 12.1. The molecule has 1 heterocycles. The number of ether oxygens (including phenoxy) is 1. The van der Waals surface area contributed by atoms with Gasteiger partial charge in [0.1, 0.15) is 6.04 Å². The van der Waals surface area contributed by atoms with Crippen molar-refractivity contribution in [2.45, 2.75) is 25.3 Å². The number of carbonyl (C=O) groups is 1. The second-order valence-electron chi connectivity index (χ2n) is 6.11. The molecule has 0 saturated carbocycles. The Balaban J connectivity index is 0.00000225. The second-order valence-corrected chi connectivity index (χ2v) is 6.11. The third-order valence-electron chi connectivity index (χ3n) is 4.23. The second kappa shape index (κ2) is 10.2. The van der Waals surface area contributed by atoms with Gasteiger partial charge in [-0.3, -0.25) is 4.79 Å². The van der Waals surface area contributed by atoms with Gasteiger partial charge in [0.05, 0.1) is 13.2 Å². The first kappa shape index (κ1) is 19.4. The summed E-state index contributed by atoms with van der Waals surface area (Å²) in [6.07, 6.45) is 3.26. The molecule has 3 rings (SSSR count). The average Bonchev–Trinajstić information content (AvgIpc) is 2.65. The van der Waals surface area contributed by atoms with E-state index < -0.39 is 0 Å². The molecular formula is C20H25ClN2O2. The van der Waals surface area contributed by atoms with Gasteiger partial charge in [-0.2, -0.15) is 0 Å². The molecule has 0 bridgehead atoms. The molecule has 1 aliphatic heterocycles. The van der Waals surface area contributed by atoms with Gasteiger partial charge in [-0.05, 0) is 42.5 Å². The molecule has 1 saturated heterocycles. The van der Waals surface area contributed by atoms with Crippen molar-refractivity contribution in [2.75, 3.05) is 25.1 Å². The number of nitrogens with one attached hydrogen (secondary N) is 2. The van der Waals surface area contributed by atoms with Crippen molar-refractivity contribution >= 4 is 24.0 Å². The van der Waals surface area contributed by atoms with Crippen molar-refractivity contribution in [3.05, 3.63) is 65.7 Å². The fourth-order valence-electron chi connectivity index (χ4n) is 2.86. The lowest BCUT2D eigenvalue weighted by atomic mass is 10.0. The first-order chi connectivity index (χ1) is 11.8. The molecule has 1 amide bonds. The molecule has 25 heavy (non-hydrogen) atoms. The zero-order chi connectivity index (χ0) is 16.6. The van der Waals surface area contributed by atoms with Gasteiger partial charge >= 0.3 is 0 Å². The first-order valence-electron chi connectivity index (χ1n) is 8.56. The standard InChI is InChI=1S/C20H24N2O2.ClH/c23-20(19-15-24-14-13-21-19)22-18-11-9-17(10-12-18)8-4-7-16-5-2-1-3-6-16;/h1-3,5-6,9-12,19,21H,4,7-8,13-15H2,(H,22,23);1H. The van der Waals surface area contributed by atoms with Gasteiger partial charge in [0.15, 0.2) is 0 Å². The van der Waals surface area contributed by atoms with Crippen molar-refractivity contribution in [2.24, 2.45) is 0 Å². The molecule has 0 aromatic heterocycles. The van der Waals surface area contributed by atoms with Crippen LogP contribution < -0.4 is 10.6 Å². The van der Waals surface area contributed by atoms with Gasteiger partial charge in [0.2, 0.25) is 5.91 Å². The van der Waals surface area contributed by atoms with Crippen molar-refractivity contribution < 1.29 is 9.53 Å². The van der Waals surface area contributed by atoms with E-state index in [4.69, 9.17) is 4.74 Å². The summed E-state index contributed by atoms with van der Waals surface area (Å²) in [4.78, 5) is 12.1. The largest absolute Gasteiger partial charge is 0.378 e. The molecule has 1 unspecified atom stereocenters. The van der Waals surface area contributed by atoms with E-state index in [-0.39, 0.29) is 24.4 Å². The Morgan fingerprint density at radius 2 is 1.72 bits per heavy atom. The van der Waals surface area contributed by atoms with Crippen LogP contribution in [0.3, 0.4) is 0 Å². The third-order valence-corrected chi connectivity index (χ3v) is 4.23. The van der Waals surface area contributed by atoms with Crippen LogP contribution >= 0.6 is 12.4 Å². The highest BCUT2D eigenvalue weighted by atomic mass is 35.5. The van der Waals surface area contributed by atoms with Crippen LogP contribution in [-0.2, 0) is 22.4 Å². The Hall–Kier alpha value is -1.88. The molecule has 4 nitrogen and oxygen atoms in total. The summed E-state index contributed by atoms with van der Waals surface area (Å²) in [6.45, 7) is 1.82. The van der Waals surface area contributed by atoms with Crippen LogP contribution in [0.2, 0.25) is 0 Å². The number of rotatable bonds is 6. The summed E-state index contributed by atoms with van der Waals surface area (Å²) >= 11 is 0. The molecular weight excluding hydrogens is 336 g/mol. The maximum Gasteiger partial charge on any atom is 0.243 e. The Kier molecular flexibility index (Phi) is 7.92. The monoisotopic (exact) mass is 360 g/mol. The first-order valence-corrected chi connectivity index (χ1v) is 8.56. The van der Waals surface area contributed by atoms with Crippen LogP contribution in [0.1, 0.15) is 17.5 Å². The van der Waals surface area contributed by atoms with E-state index in [0.29, 0.717) is 13.2 Å². The maximum atomic E-state index is 12.1. The van der Waals surface area contributed by atoms with Crippen LogP contribution in [0.4, 0.5) is 5.69 Å². The molecule has 2 aromatic carbocycles. The van der Waals surface area contributed by atoms with Crippen molar-refractivity contribution in [3.8, 4) is 0 Å². The molecule has 134 valence electrons. The number of morpholine rings is 1. The highest BCUT2D eigenvalue weighted by Gasteiger charge is 2.20. The van der Waals surface area contributed by atoms with Gasteiger partial charge in [-0.15, -0.1) is 12.4 Å². The van der Waals surface area contributed by atoms with E-state index in [0.717, 1.165) is 31.5 Å². The van der Waals surface area contributed by atoms with Crippen LogP contribution in [0.15, 0.2) is 54.6 Å². The Bertz CT molecular complexity index is 641. The van der Waals surface area contributed by atoms with Crippen LogP contribution in [-0.4, -0.2) is 31.7 Å². The third kappa shape index (κ3) is 6.16. The number of halogens is 1. The van der Waals surface area contributed by atoms with Crippen LogP contribution in [0, 0.1) is 0 Å². The minimum atomic E-state index is -0.260. The van der Waals surface area contributed by atoms with Crippen molar-refractivity contribution in [3.63, 3.8) is 0 Å². The number of benzene rings is 2. The van der Waals surface area contributed by atoms with E-state index >= 15 is 0 Å². The zero-order valence-corrected chi connectivity index (χ0v) is 15.1. The molecule has 0 aliphatic carbocycles. The minimum absolute atomic E-state index is 0. The lowest BCUT2D eigenvalue weighted by Crippen LogP contribution is -2.48. The molecule has 5 heteroatoms. The lowest BCUT2D eigenvalue weighted by molar-refractivity contribution is -0.120. The molecule has 1 aliphatic rings. The molecule has 1 atom stereocenters. The summed E-state index contributed by atoms with van der Waals surface area (Å²) in [5.74, 6) is -0.0356. The number of hydrogen-bond donors (Lipinski definition) is 2. The van der Waals surface area contributed by atoms with E-state index in [1.165, 1.54) is 11.1 Å². The lowest BCUT2D eigenvalue weighted by Gasteiger charge is -2.22. The summed E-state index contributed by atoms with van der Waals surface area (Å²) in [6, 6.07) is 18.4.